The molecule has 1 aromatic heterocycles. The molecule has 1 heterocycles. The van der Waals surface area contributed by atoms with Crippen LogP contribution in [-0.2, 0) is 13.6 Å². The normalized spacial score (nSPS) is 9.50. The topological polar surface area (TPSA) is 64.5 Å². The number of rotatable bonds is 3. The fourth-order valence-electron chi connectivity index (χ4n) is 1.85. The van der Waals surface area contributed by atoms with Crippen molar-refractivity contribution in [2.24, 2.45) is 7.05 Å². The number of nitrogens with one attached hydrogen (secondary N) is 1. The molecule has 0 aliphatic carbocycles. The van der Waals surface area contributed by atoms with Crippen LogP contribution in [0.1, 0.15) is 11.3 Å². The molecule has 0 saturated carbocycles. The Hall–Kier alpha value is -2.72. The van der Waals surface area contributed by atoms with Gasteiger partial charge in [0.2, 0.25) is 0 Å². The zero-order valence-corrected chi connectivity index (χ0v) is 10.0. The highest BCUT2D eigenvalue weighted by Crippen LogP contribution is 2.21. The summed E-state index contributed by atoms with van der Waals surface area (Å²) in [5.41, 5.74) is 3.75. The Balaban J connectivity index is 2.27. The van der Waals surface area contributed by atoms with Crippen LogP contribution in [0, 0.1) is 22.8 Å². The molecule has 0 aliphatic rings. The highest BCUT2D eigenvalue weighted by molar-refractivity contribution is 5.62. The van der Waals surface area contributed by atoms with Gasteiger partial charge in [0.05, 0.1) is 0 Å². The van der Waals surface area contributed by atoms with Crippen LogP contribution in [0.5, 0.6) is 0 Å². The third kappa shape index (κ3) is 2.18. The van der Waals surface area contributed by atoms with Gasteiger partial charge in [0.15, 0.2) is 6.19 Å². The average molecular weight is 236 g/mol. The van der Waals surface area contributed by atoms with Crippen LogP contribution in [0.4, 0.5) is 0 Å². The molecule has 4 heteroatoms. The van der Waals surface area contributed by atoms with Gasteiger partial charge in [-0.05, 0) is 23.3 Å². The highest BCUT2D eigenvalue weighted by atomic mass is 15.0. The monoisotopic (exact) mass is 236 g/mol. The van der Waals surface area contributed by atoms with Gasteiger partial charge >= 0.3 is 0 Å². The number of benzene rings is 1. The maximum absolute atomic E-state index is 8.91. The van der Waals surface area contributed by atoms with Crippen molar-refractivity contribution in [1.82, 2.24) is 9.88 Å². The predicted octanol–water partition coefficient (Wildman–Crippen LogP) is 2.13. The summed E-state index contributed by atoms with van der Waals surface area (Å²) in [5, 5.41) is 19.9. The lowest BCUT2D eigenvalue weighted by atomic mass is 10.1. The second-order valence-corrected chi connectivity index (χ2v) is 3.94. The molecule has 0 amide bonds. The van der Waals surface area contributed by atoms with Crippen molar-refractivity contribution in [3.8, 4) is 23.5 Å². The van der Waals surface area contributed by atoms with Gasteiger partial charge in [0, 0.05) is 19.3 Å². The van der Waals surface area contributed by atoms with Crippen LogP contribution >= 0.6 is 0 Å². The Morgan fingerprint density at radius 3 is 2.39 bits per heavy atom. The van der Waals surface area contributed by atoms with E-state index in [-0.39, 0.29) is 0 Å². The minimum Gasteiger partial charge on any atom is -0.335 e. The van der Waals surface area contributed by atoms with E-state index in [1.807, 2.05) is 48.1 Å². The van der Waals surface area contributed by atoms with Gasteiger partial charge in [0.1, 0.15) is 11.8 Å². The zero-order chi connectivity index (χ0) is 13.0. The fraction of sp³-hybridized carbons (Fsp3) is 0.143. The van der Waals surface area contributed by atoms with Gasteiger partial charge in [-0.15, -0.1) is 0 Å². The SMILES string of the molecule is Cn1c(C#N)ccc1-c1ccc(CNC#N)cc1. The Kier molecular flexibility index (Phi) is 3.31. The van der Waals surface area contributed by atoms with E-state index in [1.54, 1.807) is 6.07 Å². The zero-order valence-electron chi connectivity index (χ0n) is 10.0. The van der Waals surface area contributed by atoms with Crippen molar-refractivity contribution in [2.45, 2.75) is 6.54 Å². The molecule has 88 valence electrons. The van der Waals surface area contributed by atoms with E-state index in [0.717, 1.165) is 16.8 Å². The summed E-state index contributed by atoms with van der Waals surface area (Å²) in [6.45, 7) is 0.535. The summed E-state index contributed by atoms with van der Waals surface area (Å²) in [5.74, 6) is 0. The molecule has 4 nitrogen and oxygen atoms in total. The van der Waals surface area contributed by atoms with E-state index in [2.05, 4.69) is 11.4 Å². The third-order valence-corrected chi connectivity index (χ3v) is 2.86. The number of hydrogen-bond acceptors (Lipinski definition) is 3. The quantitative estimate of drug-likeness (QED) is 0.656. The van der Waals surface area contributed by atoms with Gasteiger partial charge in [-0.3, -0.25) is 0 Å². The molecule has 1 N–H and O–H groups in total. The molecule has 2 rings (SSSR count). The molecule has 1 aromatic carbocycles. The van der Waals surface area contributed by atoms with Crippen LogP contribution in [0.2, 0.25) is 0 Å². The van der Waals surface area contributed by atoms with E-state index < -0.39 is 0 Å². The Labute approximate surface area is 106 Å². The smallest absolute Gasteiger partial charge is 0.176 e. The first kappa shape index (κ1) is 11.8. The molecule has 2 aromatic rings. The molecule has 0 aliphatic heterocycles. The standard InChI is InChI=1S/C14H12N4/c1-18-13(8-15)6-7-14(18)12-4-2-11(3-5-12)9-17-10-16/h2-7,17H,9H2,1H3. The molecule has 0 fully saturated rings. The average Bonchev–Trinajstić information content (AvgIpc) is 2.78. The van der Waals surface area contributed by atoms with Crippen molar-refractivity contribution < 1.29 is 0 Å². The van der Waals surface area contributed by atoms with E-state index in [0.29, 0.717) is 12.2 Å². The van der Waals surface area contributed by atoms with Gasteiger partial charge < -0.3 is 9.88 Å². The Morgan fingerprint density at radius 2 is 1.83 bits per heavy atom. The van der Waals surface area contributed by atoms with Crippen LogP contribution in [0.15, 0.2) is 36.4 Å². The number of nitrogens with zero attached hydrogens (tertiary/aromatic N) is 3. The van der Waals surface area contributed by atoms with Crippen molar-refractivity contribution in [3.05, 3.63) is 47.7 Å². The summed E-state index contributed by atoms with van der Waals surface area (Å²) in [6.07, 6.45) is 1.89. The van der Waals surface area contributed by atoms with E-state index in [9.17, 15) is 0 Å². The molecule has 0 bridgehead atoms. The molecular formula is C14H12N4. The molecule has 0 spiro atoms. The van der Waals surface area contributed by atoms with E-state index >= 15 is 0 Å². The van der Waals surface area contributed by atoms with Gasteiger partial charge in [0.25, 0.3) is 0 Å². The molecule has 0 atom stereocenters. The molecule has 0 saturated heterocycles. The van der Waals surface area contributed by atoms with E-state index in [4.69, 9.17) is 10.5 Å². The summed E-state index contributed by atoms with van der Waals surface area (Å²) in [7, 11) is 1.87. The van der Waals surface area contributed by atoms with Crippen LogP contribution in [0.25, 0.3) is 11.3 Å². The van der Waals surface area contributed by atoms with Gasteiger partial charge in [-0.2, -0.15) is 10.5 Å². The second-order valence-electron chi connectivity index (χ2n) is 3.94. The number of aromatic nitrogens is 1. The van der Waals surface area contributed by atoms with Gasteiger partial charge in [-0.25, -0.2) is 0 Å². The second kappa shape index (κ2) is 5.07. The number of hydrogen-bond donors (Lipinski definition) is 1. The minimum absolute atomic E-state index is 0.535. The van der Waals surface area contributed by atoms with E-state index in [1.165, 1.54) is 0 Å². The first-order chi connectivity index (χ1) is 8.76. The van der Waals surface area contributed by atoms with Crippen LogP contribution in [-0.4, -0.2) is 4.57 Å². The highest BCUT2D eigenvalue weighted by Gasteiger charge is 2.05. The fourth-order valence-corrected chi connectivity index (χ4v) is 1.85. The largest absolute Gasteiger partial charge is 0.335 e. The Bertz CT molecular complexity index is 623. The Morgan fingerprint density at radius 1 is 1.11 bits per heavy atom. The first-order valence-electron chi connectivity index (χ1n) is 5.53. The summed E-state index contributed by atoms with van der Waals surface area (Å²) < 4.78 is 1.86. The maximum Gasteiger partial charge on any atom is 0.176 e. The minimum atomic E-state index is 0.535. The molecule has 0 unspecified atom stereocenters. The van der Waals surface area contributed by atoms with Crippen molar-refractivity contribution in [3.63, 3.8) is 0 Å². The number of nitriles is 2. The lowest BCUT2D eigenvalue weighted by molar-refractivity contribution is 0.883. The molecule has 18 heavy (non-hydrogen) atoms. The maximum atomic E-state index is 8.91. The lowest BCUT2D eigenvalue weighted by Crippen LogP contribution is -2.04. The third-order valence-electron chi connectivity index (χ3n) is 2.86. The summed E-state index contributed by atoms with van der Waals surface area (Å²) in [6, 6.07) is 13.8. The van der Waals surface area contributed by atoms with Crippen molar-refractivity contribution in [1.29, 1.82) is 10.5 Å². The summed E-state index contributed by atoms with van der Waals surface area (Å²) in [4.78, 5) is 0. The lowest BCUT2D eigenvalue weighted by Gasteiger charge is -2.05. The van der Waals surface area contributed by atoms with Crippen LogP contribution < -0.4 is 5.32 Å². The van der Waals surface area contributed by atoms with Gasteiger partial charge in [-0.1, -0.05) is 24.3 Å². The van der Waals surface area contributed by atoms with Crippen LogP contribution in [0.3, 0.4) is 0 Å². The predicted molar refractivity (Wildman–Crippen MR) is 68.0 cm³/mol. The van der Waals surface area contributed by atoms with Crippen molar-refractivity contribution >= 4 is 0 Å². The molecule has 0 radical (unpaired) electrons. The summed E-state index contributed by atoms with van der Waals surface area (Å²) >= 11 is 0. The first-order valence-corrected chi connectivity index (χ1v) is 5.53. The molecular weight excluding hydrogens is 224 g/mol. The van der Waals surface area contributed by atoms with Crippen molar-refractivity contribution in [2.75, 3.05) is 0 Å².